The predicted octanol–water partition coefficient (Wildman–Crippen LogP) is 1.56. The molecule has 1 fully saturated rings. The van der Waals surface area contributed by atoms with Crippen molar-refractivity contribution in [2.24, 2.45) is 5.73 Å². The molecule has 114 valence electrons. The van der Waals surface area contributed by atoms with Crippen molar-refractivity contribution in [1.29, 1.82) is 0 Å². The minimum Gasteiger partial charge on any atom is -0.320 e. The van der Waals surface area contributed by atoms with Gasteiger partial charge in [-0.1, -0.05) is 24.3 Å². The second kappa shape index (κ2) is 7.85. The lowest BCUT2D eigenvalue weighted by molar-refractivity contribution is 0.574. The number of hydrogen-bond acceptors (Lipinski definition) is 4. The molecule has 0 amide bonds. The van der Waals surface area contributed by atoms with E-state index in [1.165, 1.54) is 12.8 Å². The van der Waals surface area contributed by atoms with Gasteiger partial charge in [0.05, 0.1) is 11.4 Å². The van der Waals surface area contributed by atoms with Crippen molar-refractivity contribution in [2.45, 2.75) is 29.4 Å². The molecule has 1 atom stereocenters. The van der Waals surface area contributed by atoms with E-state index >= 15 is 0 Å². The van der Waals surface area contributed by atoms with E-state index in [1.54, 1.807) is 24.3 Å². The van der Waals surface area contributed by atoms with Gasteiger partial charge in [0.15, 0.2) is 0 Å². The number of nitrogens with two attached hydrogens (primary N) is 1. The summed E-state index contributed by atoms with van der Waals surface area (Å²) in [5.74, 6) is 6.70. The first-order valence-electron chi connectivity index (χ1n) is 7.02. The highest BCUT2D eigenvalue weighted by Gasteiger charge is 2.19. The molecule has 21 heavy (non-hydrogen) atoms. The lowest BCUT2D eigenvalue weighted by atomic mass is 10.2. The number of rotatable bonds is 4. The molecule has 0 saturated carbocycles. The minimum atomic E-state index is -3.47. The second-order valence-electron chi connectivity index (χ2n) is 4.87. The second-order valence-corrected chi connectivity index (χ2v) is 8.05. The van der Waals surface area contributed by atoms with Crippen molar-refractivity contribution >= 4 is 21.8 Å². The SMILES string of the molecule is NCC#Cc1cccc(S(=O)(=O)NCC2CCCCS2)c1. The first-order chi connectivity index (χ1) is 10.1. The Bertz CT molecular complexity index is 627. The Kier molecular flexibility index (Phi) is 6.12. The average Bonchev–Trinajstić information content (AvgIpc) is 2.52. The molecular weight excluding hydrogens is 304 g/mol. The Hall–Kier alpha value is -1.00. The van der Waals surface area contributed by atoms with Crippen LogP contribution in [0.3, 0.4) is 0 Å². The summed E-state index contributed by atoms with van der Waals surface area (Å²) in [6, 6.07) is 6.64. The van der Waals surface area contributed by atoms with Crippen LogP contribution in [0.2, 0.25) is 0 Å². The van der Waals surface area contributed by atoms with Crippen LogP contribution in [-0.2, 0) is 10.0 Å². The number of sulfonamides is 1. The van der Waals surface area contributed by atoms with E-state index in [1.807, 2.05) is 11.8 Å². The van der Waals surface area contributed by atoms with Crippen LogP contribution in [0.1, 0.15) is 24.8 Å². The number of benzene rings is 1. The van der Waals surface area contributed by atoms with E-state index in [-0.39, 0.29) is 11.4 Å². The molecule has 0 bridgehead atoms. The molecule has 1 aromatic carbocycles. The zero-order valence-corrected chi connectivity index (χ0v) is 13.5. The lowest BCUT2D eigenvalue weighted by Crippen LogP contribution is -2.32. The highest BCUT2D eigenvalue weighted by molar-refractivity contribution is 8.00. The van der Waals surface area contributed by atoms with Gasteiger partial charge in [0.25, 0.3) is 0 Å². The van der Waals surface area contributed by atoms with Crippen LogP contribution in [0.15, 0.2) is 29.2 Å². The maximum Gasteiger partial charge on any atom is 0.240 e. The van der Waals surface area contributed by atoms with Crippen LogP contribution in [0.25, 0.3) is 0 Å². The van der Waals surface area contributed by atoms with Crippen molar-refractivity contribution in [3.05, 3.63) is 29.8 Å². The van der Waals surface area contributed by atoms with Crippen LogP contribution < -0.4 is 10.5 Å². The normalized spacial score (nSPS) is 18.8. The van der Waals surface area contributed by atoms with Gasteiger partial charge in [0.1, 0.15) is 0 Å². The van der Waals surface area contributed by atoms with Gasteiger partial charge < -0.3 is 5.73 Å². The molecule has 0 aromatic heterocycles. The monoisotopic (exact) mass is 324 g/mol. The topological polar surface area (TPSA) is 72.2 Å². The first-order valence-corrected chi connectivity index (χ1v) is 9.55. The van der Waals surface area contributed by atoms with Gasteiger partial charge in [-0.2, -0.15) is 11.8 Å². The van der Waals surface area contributed by atoms with Gasteiger partial charge in [-0.3, -0.25) is 0 Å². The molecular formula is C15H20N2O2S2. The number of hydrogen-bond donors (Lipinski definition) is 2. The fourth-order valence-electron chi connectivity index (χ4n) is 2.15. The Morgan fingerprint density at radius 2 is 2.24 bits per heavy atom. The molecule has 1 unspecified atom stereocenters. The van der Waals surface area contributed by atoms with E-state index in [9.17, 15) is 8.42 Å². The molecule has 0 radical (unpaired) electrons. The Morgan fingerprint density at radius 3 is 2.95 bits per heavy atom. The fourth-order valence-corrected chi connectivity index (χ4v) is 4.62. The molecule has 6 heteroatoms. The smallest absolute Gasteiger partial charge is 0.240 e. The molecule has 1 aromatic rings. The minimum absolute atomic E-state index is 0.257. The summed E-state index contributed by atoms with van der Waals surface area (Å²) in [5, 5.41) is 0.383. The quantitative estimate of drug-likeness (QED) is 0.825. The summed E-state index contributed by atoms with van der Waals surface area (Å²) >= 11 is 1.85. The molecule has 4 nitrogen and oxygen atoms in total. The van der Waals surface area contributed by atoms with Gasteiger partial charge in [-0.25, -0.2) is 13.1 Å². The van der Waals surface area contributed by atoms with E-state index in [4.69, 9.17) is 5.73 Å². The van der Waals surface area contributed by atoms with Crippen LogP contribution in [0.4, 0.5) is 0 Å². The summed E-state index contributed by atoms with van der Waals surface area (Å²) in [5.41, 5.74) is 5.99. The van der Waals surface area contributed by atoms with Crippen molar-refractivity contribution in [1.82, 2.24) is 4.72 Å². The third-order valence-electron chi connectivity index (χ3n) is 3.25. The van der Waals surface area contributed by atoms with Crippen molar-refractivity contribution in [3.8, 4) is 11.8 Å². The molecule has 1 aliphatic heterocycles. The summed E-state index contributed by atoms with van der Waals surface area (Å²) in [6.45, 7) is 0.750. The van der Waals surface area contributed by atoms with Crippen molar-refractivity contribution in [3.63, 3.8) is 0 Å². The summed E-state index contributed by atoms with van der Waals surface area (Å²) in [6.07, 6.45) is 3.49. The standard InChI is InChI=1S/C15H20N2O2S2/c16-9-4-6-13-5-3-8-15(11-13)21(18,19)17-12-14-7-1-2-10-20-14/h3,5,8,11,14,17H,1-2,7,9-10,12,16H2. The third kappa shape index (κ3) is 5.04. The van der Waals surface area contributed by atoms with Crippen LogP contribution in [0.5, 0.6) is 0 Å². The van der Waals surface area contributed by atoms with Crippen LogP contribution in [0, 0.1) is 11.8 Å². The zero-order valence-electron chi connectivity index (χ0n) is 11.8. The highest BCUT2D eigenvalue weighted by atomic mass is 32.2. The molecule has 0 aliphatic carbocycles. The highest BCUT2D eigenvalue weighted by Crippen LogP contribution is 2.24. The average molecular weight is 324 g/mol. The van der Waals surface area contributed by atoms with Gasteiger partial charge in [0.2, 0.25) is 10.0 Å². The molecule has 1 aliphatic rings. The Morgan fingerprint density at radius 1 is 1.38 bits per heavy atom. The molecule has 1 heterocycles. The van der Waals surface area contributed by atoms with E-state index in [0.29, 0.717) is 17.4 Å². The molecule has 2 rings (SSSR count). The predicted molar refractivity (Wildman–Crippen MR) is 87.7 cm³/mol. The Labute approximate surface area is 130 Å². The molecule has 0 spiro atoms. The summed E-state index contributed by atoms with van der Waals surface area (Å²) in [7, 11) is -3.47. The first kappa shape index (κ1) is 16.4. The largest absolute Gasteiger partial charge is 0.320 e. The zero-order chi connectivity index (χ0) is 15.1. The van der Waals surface area contributed by atoms with Gasteiger partial charge in [0, 0.05) is 17.4 Å². The maximum atomic E-state index is 12.3. The van der Waals surface area contributed by atoms with E-state index in [0.717, 1.165) is 12.2 Å². The molecule has 1 saturated heterocycles. The van der Waals surface area contributed by atoms with Crippen molar-refractivity contribution < 1.29 is 8.42 Å². The maximum absolute atomic E-state index is 12.3. The summed E-state index contributed by atoms with van der Waals surface area (Å²) in [4.78, 5) is 0.257. The van der Waals surface area contributed by atoms with E-state index in [2.05, 4.69) is 16.6 Å². The van der Waals surface area contributed by atoms with Gasteiger partial charge in [-0.15, -0.1) is 0 Å². The van der Waals surface area contributed by atoms with Crippen LogP contribution >= 0.6 is 11.8 Å². The van der Waals surface area contributed by atoms with Gasteiger partial charge in [-0.05, 0) is 36.8 Å². The summed E-state index contributed by atoms with van der Waals surface area (Å²) < 4.78 is 27.3. The van der Waals surface area contributed by atoms with Crippen molar-refractivity contribution in [2.75, 3.05) is 18.8 Å². The third-order valence-corrected chi connectivity index (χ3v) is 6.07. The van der Waals surface area contributed by atoms with Gasteiger partial charge >= 0.3 is 0 Å². The number of thioether (sulfide) groups is 1. The van der Waals surface area contributed by atoms with E-state index < -0.39 is 10.0 Å². The molecule has 3 N–H and O–H groups in total. The fraction of sp³-hybridized carbons (Fsp3) is 0.467. The Balaban J connectivity index is 2.04. The van der Waals surface area contributed by atoms with Crippen LogP contribution in [-0.4, -0.2) is 32.5 Å². The lowest BCUT2D eigenvalue weighted by Gasteiger charge is -2.21. The number of nitrogens with one attached hydrogen (secondary N) is 1.